The van der Waals surface area contributed by atoms with Crippen molar-refractivity contribution in [1.29, 1.82) is 0 Å². The van der Waals surface area contributed by atoms with Crippen molar-refractivity contribution in [1.82, 2.24) is 5.32 Å². The fourth-order valence-corrected chi connectivity index (χ4v) is 2.73. The molecule has 4 heteroatoms. The molecule has 104 valence electrons. The summed E-state index contributed by atoms with van der Waals surface area (Å²) in [5, 5.41) is 3.41. The van der Waals surface area contributed by atoms with Gasteiger partial charge in [-0.25, -0.2) is 0 Å². The van der Waals surface area contributed by atoms with E-state index in [2.05, 4.69) is 23.3 Å². The van der Waals surface area contributed by atoms with Gasteiger partial charge in [0.1, 0.15) is 0 Å². The molecule has 19 heavy (non-hydrogen) atoms. The fraction of sp³-hybridized carbons (Fsp3) is 0.533. The summed E-state index contributed by atoms with van der Waals surface area (Å²) in [5.74, 6) is -0.353. The zero-order valence-corrected chi connectivity index (χ0v) is 11.8. The summed E-state index contributed by atoms with van der Waals surface area (Å²) in [6.07, 6.45) is 3.42. The predicted molar refractivity (Wildman–Crippen MR) is 78.6 cm³/mol. The first-order valence-corrected chi connectivity index (χ1v) is 6.93. The number of hydrogen-bond acceptors (Lipinski definition) is 3. The topological polar surface area (TPSA) is 58.4 Å². The standard InChI is InChI=1S/C15H23N3O/c1-11-5-6-13(15(16)19)14(10-11)18(2)12-4-3-8-17-9-7-12/h5-6,10,12,17H,3-4,7-9H2,1-2H3,(H2,16,19). The monoisotopic (exact) mass is 261 g/mol. The average Bonchev–Trinajstić information content (AvgIpc) is 2.66. The molecule has 2 rings (SSSR count). The van der Waals surface area contributed by atoms with Gasteiger partial charge in [-0.3, -0.25) is 4.79 Å². The van der Waals surface area contributed by atoms with Crippen LogP contribution in [0.25, 0.3) is 0 Å². The normalized spacial score (nSPS) is 19.8. The number of anilines is 1. The van der Waals surface area contributed by atoms with Gasteiger partial charge in [0.15, 0.2) is 0 Å². The molecule has 1 aromatic carbocycles. The van der Waals surface area contributed by atoms with Crippen molar-refractivity contribution in [2.24, 2.45) is 5.73 Å². The number of nitrogens with two attached hydrogens (primary N) is 1. The van der Waals surface area contributed by atoms with E-state index in [1.807, 2.05) is 19.1 Å². The molecule has 3 N–H and O–H groups in total. The van der Waals surface area contributed by atoms with E-state index >= 15 is 0 Å². The summed E-state index contributed by atoms with van der Waals surface area (Å²) in [5.41, 5.74) is 8.21. The highest BCUT2D eigenvalue weighted by Crippen LogP contribution is 2.25. The van der Waals surface area contributed by atoms with Crippen molar-refractivity contribution in [2.75, 3.05) is 25.0 Å². The molecule has 0 bridgehead atoms. The Morgan fingerprint density at radius 1 is 1.37 bits per heavy atom. The van der Waals surface area contributed by atoms with E-state index < -0.39 is 0 Å². The van der Waals surface area contributed by atoms with Gasteiger partial charge in [0.05, 0.1) is 5.56 Å². The third-order valence-corrected chi connectivity index (χ3v) is 3.89. The van der Waals surface area contributed by atoms with Crippen molar-refractivity contribution in [3.63, 3.8) is 0 Å². The fourth-order valence-electron chi connectivity index (χ4n) is 2.73. The predicted octanol–water partition coefficient (Wildman–Crippen LogP) is 1.67. The van der Waals surface area contributed by atoms with E-state index in [1.165, 1.54) is 6.42 Å². The van der Waals surface area contributed by atoms with Crippen molar-refractivity contribution >= 4 is 11.6 Å². The lowest BCUT2D eigenvalue weighted by Gasteiger charge is -2.30. The van der Waals surface area contributed by atoms with Crippen LogP contribution in [0, 0.1) is 6.92 Å². The minimum atomic E-state index is -0.353. The Hall–Kier alpha value is -1.55. The zero-order chi connectivity index (χ0) is 13.8. The molecule has 1 aromatic rings. The summed E-state index contributed by atoms with van der Waals surface area (Å²) in [6.45, 7) is 4.16. The number of nitrogens with zero attached hydrogens (tertiary/aromatic N) is 1. The number of hydrogen-bond donors (Lipinski definition) is 2. The highest BCUT2D eigenvalue weighted by molar-refractivity contribution is 5.98. The quantitative estimate of drug-likeness (QED) is 0.870. The summed E-state index contributed by atoms with van der Waals surface area (Å²) >= 11 is 0. The Morgan fingerprint density at radius 2 is 2.16 bits per heavy atom. The number of benzene rings is 1. The highest BCUT2D eigenvalue weighted by Gasteiger charge is 2.20. The molecule has 4 nitrogen and oxygen atoms in total. The molecule has 0 saturated carbocycles. The van der Waals surface area contributed by atoms with Crippen LogP contribution >= 0.6 is 0 Å². The second-order valence-corrected chi connectivity index (χ2v) is 5.33. The van der Waals surface area contributed by atoms with Gasteiger partial charge in [-0.15, -0.1) is 0 Å². The van der Waals surface area contributed by atoms with Crippen LogP contribution in [0.15, 0.2) is 18.2 Å². The number of nitrogens with one attached hydrogen (secondary N) is 1. The van der Waals surface area contributed by atoms with Crippen LogP contribution < -0.4 is 16.0 Å². The van der Waals surface area contributed by atoms with Crippen LogP contribution in [-0.4, -0.2) is 32.1 Å². The molecule has 1 amide bonds. The van der Waals surface area contributed by atoms with E-state index in [1.54, 1.807) is 0 Å². The second-order valence-electron chi connectivity index (χ2n) is 5.33. The number of aryl methyl sites for hydroxylation is 1. The lowest BCUT2D eigenvalue weighted by atomic mass is 10.0. The second kappa shape index (κ2) is 6.06. The molecule has 0 aliphatic carbocycles. The van der Waals surface area contributed by atoms with E-state index in [0.29, 0.717) is 11.6 Å². The largest absolute Gasteiger partial charge is 0.371 e. The maximum atomic E-state index is 11.6. The van der Waals surface area contributed by atoms with E-state index in [9.17, 15) is 4.79 Å². The maximum Gasteiger partial charge on any atom is 0.250 e. The Morgan fingerprint density at radius 3 is 2.89 bits per heavy atom. The van der Waals surface area contributed by atoms with Crippen molar-refractivity contribution in [2.45, 2.75) is 32.2 Å². The summed E-state index contributed by atoms with van der Waals surface area (Å²) < 4.78 is 0. The van der Waals surface area contributed by atoms with Crippen LogP contribution in [0.4, 0.5) is 5.69 Å². The molecular formula is C15H23N3O. The van der Waals surface area contributed by atoms with Gasteiger partial charge < -0.3 is 16.0 Å². The lowest BCUT2D eigenvalue weighted by Crippen LogP contribution is -2.34. The van der Waals surface area contributed by atoms with E-state index in [0.717, 1.165) is 37.2 Å². The number of carbonyl (C=O) groups is 1. The van der Waals surface area contributed by atoms with Gasteiger partial charge in [-0.2, -0.15) is 0 Å². The first-order chi connectivity index (χ1) is 9.09. The molecule has 0 aromatic heterocycles. The Balaban J connectivity index is 2.28. The van der Waals surface area contributed by atoms with Gasteiger partial charge in [0.2, 0.25) is 0 Å². The summed E-state index contributed by atoms with van der Waals surface area (Å²) in [4.78, 5) is 13.8. The minimum Gasteiger partial charge on any atom is -0.371 e. The third kappa shape index (κ3) is 3.26. The van der Waals surface area contributed by atoms with Crippen molar-refractivity contribution in [3.05, 3.63) is 29.3 Å². The Bertz CT molecular complexity index is 451. The smallest absolute Gasteiger partial charge is 0.250 e. The first-order valence-electron chi connectivity index (χ1n) is 6.93. The number of amides is 1. The molecule has 0 radical (unpaired) electrons. The highest BCUT2D eigenvalue weighted by atomic mass is 16.1. The van der Waals surface area contributed by atoms with E-state index in [4.69, 9.17) is 5.73 Å². The average molecular weight is 261 g/mol. The van der Waals surface area contributed by atoms with Crippen LogP contribution in [0.5, 0.6) is 0 Å². The van der Waals surface area contributed by atoms with Crippen LogP contribution in [-0.2, 0) is 0 Å². The molecule has 1 saturated heterocycles. The van der Waals surface area contributed by atoms with Crippen molar-refractivity contribution in [3.8, 4) is 0 Å². The molecule has 1 fully saturated rings. The van der Waals surface area contributed by atoms with Crippen LogP contribution in [0.2, 0.25) is 0 Å². The summed E-state index contributed by atoms with van der Waals surface area (Å²) in [7, 11) is 2.07. The van der Waals surface area contributed by atoms with Crippen molar-refractivity contribution < 1.29 is 4.79 Å². The number of rotatable bonds is 3. The maximum absolute atomic E-state index is 11.6. The molecule has 1 heterocycles. The van der Waals surface area contributed by atoms with Gasteiger partial charge in [0, 0.05) is 18.8 Å². The van der Waals surface area contributed by atoms with Gasteiger partial charge in [0.25, 0.3) is 5.91 Å². The molecule has 1 aliphatic rings. The zero-order valence-electron chi connectivity index (χ0n) is 11.8. The van der Waals surface area contributed by atoms with Gasteiger partial charge >= 0.3 is 0 Å². The Kier molecular flexibility index (Phi) is 4.43. The van der Waals surface area contributed by atoms with Crippen LogP contribution in [0.1, 0.15) is 35.2 Å². The lowest BCUT2D eigenvalue weighted by molar-refractivity contribution is 0.100. The molecule has 1 atom stereocenters. The molecular weight excluding hydrogens is 238 g/mol. The SMILES string of the molecule is Cc1ccc(C(N)=O)c(N(C)C2CCCNCC2)c1. The summed E-state index contributed by atoms with van der Waals surface area (Å²) in [6, 6.07) is 6.29. The number of primary amides is 1. The minimum absolute atomic E-state index is 0.353. The molecule has 0 spiro atoms. The van der Waals surface area contributed by atoms with Gasteiger partial charge in [-0.05, 0) is 57.0 Å². The van der Waals surface area contributed by atoms with E-state index in [-0.39, 0.29) is 5.91 Å². The van der Waals surface area contributed by atoms with Crippen LogP contribution in [0.3, 0.4) is 0 Å². The first kappa shape index (κ1) is 13.9. The molecule has 1 aliphatic heterocycles. The number of carbonyl (C=O) groups excluding carboxylic acids is 1. The molecule has 1 unspecified atom stereocenters. The Labute approximate surface area is 115 Å². The van der Waals surface area contributed by atoms with Gasteiger partial charge in [-0.1, -0.05) is 6.07 Å². The third-order valence-electron chi connectivity index (χ3n) is 3.89.